The maximum Gasteiger partial charge on any atom is 0.187 e. The van der Waals surface area contributed by atoms with Crippen LogP contribution in [0.25, 0.3) is 6.08 Å². The van der Waals surface area contributed by atoms with Gasteiger partial charge in [-0.25, -0.2) is 0 Å². The Balaban J connectivity index is 2.24. The molecule has 0 spiro atoms. The van der Waals surface area contributed by atoms with Crippen LogP contribution in [-0.2, 0) is 0 Å². The molecule has 4 heteroatoms. The first-order valence-electron chi connectivity index (χ1n) is 5.25. The van der Waals surface area contributed by atoms with Gasteiger partial charge in [-0.2, -0.15) is 0 Å². The SMILES string of the molecule is O=C(/C=C/c1c(Cl)cccc1Cl)c1cccnc1. The van der Waals surface area contributed by atoms with Gasteiger partial charge in [0.2, 0.25) is 0 Å². The van der Waals surface area contributed by atoms with Gasteiger partial charge in [-0.05, 0) is 36.4 Å². The number of rotatable bonds is 3. The molecule has 0 aliphatic carbocycles. The third-order valence-corrected chi connectivity index (χ3v) is 3.01. The average molecular weight is 278 g/mol. The van der Waals surface area contributed by atoms with Gasteiger partial charge in [-0.1, -0.05) is 29.3 Å². The van der Waals surface area contributed by atoms with Gasteiger partial charge in [0.25, 0.3) is 0 Å². The van der Waals surface area contributed by atoms with Crippen LogP contribution in [0.2, 0.25) is 10.0 Å². The molecule has 0 unspecified atom stereocenters. The van der Waals surface area contributed by atoms with E-state index in [1.807, 2.05) is 0 Å². The molecule has 1 aromatic heterocycles. The van der Waals surface area contributed by atoms with Crippen LogP contribution in [-0.4, -0.2) is 10.8 Å². The van der Waals surface area contributed by atoms with Gasteiger partial charge in [0, 0.05) is 33.6 Å². The first-order chi connectivity index (χ1) is 8.68. The van der Waals surface area contributed by atoms with E-state index in [9.17, 15) is 4.79 Å². The number of carbonyl (C=O) groups is 1. The van der Waals surface area contributed by atoms with Crippen molar-refractivity contribution in [2.45, 2.75) is 0 Å². The van der Waals surface area contributed by atoms with Crippen LogP contribution in [0, 0.1) is 0 Å². The minimum atomic E-state index is -0.140. The monoisotopic (exact) mass is 277 g/mol. The molecule has 1 heterocycles. The Bertz CT molecular complexity index is 574. The number of carbonyl (C=O) groups excluding carboxylic acids is 1. The van der Waals surface area contributed by atoms with E-state index >= 15 is 0 Å². The Labute approximate surface area is 115 Å². The van der Waals surface area contributed by atoms with Crippen molar-refractivity contribution >= 4 is 35.1 Å². The first-order valence-corrected chi connectivity index (χ1v) is 6.00. The van der Waals surface area contributed by atoms with Gasteiger partial charge in [0.05, 0.1) is 0 Å². The molecule has 0 N–H and O–H groups in total. The lowest BCUT2D eigenvalue weighted by Crippen LogP contribution is -1.94. The number of aromatic nitrogens is 1. The van der Waals surface area contributed by atoms with Crippen LogP contribution in [0.1, 0.15) is 15.9 Å². The number of nitrogens with zero attached hydrogens (tertiary/aromatic N) is 1. The number of halogens is 2. The Morgan fingerprint density at radius 2 is 1.83 bits per heavy atom. The Hall–Kier alpha value is -1.64. The summed E-state index contributed by atoms with van der Waals surface area (Å²) in [5.74, 6) is -0.140. The highest BCUT2D eigenvalue weighted by molar-refractivity contribution is 6.37. The molecule has 1 aromatic carbocycles. The molecule has 0 saturated heterocycles. The van der Waals surface area contributed by atoms with Crippen LogP contribution in [0.3, 0.4) is 0 Å². The zero-order valence-electron chi connectivity index (χ0n) is 9.31. The second-order valence-corrected chi connectivity index (χ2v) is 4.39. The van der Waals surface area contributed by atoms with Crippen molar-refractivity contribution in [2.24, 2.45) is 0 Å². The van der Waals surface area contributed by atoms with E-state index in [1.165, 1.54) is 12.3 Å². The molecule has 0 radical (unpaired) electrons. The average Bonchev–Trinajstić information content (AvgIpc) is 2.39. The molecule has 2 nitrogen and oxygen atoms in total. The number of hydrogen-bond donors (Lipinski definition) is 0. The van der Waals surface area contributed by atoms with Gasteiger partial charge in [-0.3, -0.25) is 9.78 Å². The van der Waals surface area contributed by atoms with Crippen LogP contribution < -0.4 is 0 Å². The molecular formula is C14H9Cl2NO. The molecule has 2 aromatic rings. The predicted molar refractivity (Wildman–Crippen MR) is 74.1 cm³/mol. The minimum Gasteiger partial charge on any atom is -0.289 e. The highest BCUT2D eigenvalue weighted by Gasteiger charge is 2.04. The van der Waals surface area contributed by atoms with Crippen molar-refractivity contribution < 1.29 is 4.79 Å². The van der Waals surface area contributed by atoms with Gasteiger partial charge in [0.1, 0.15) is 0 Å². The van der Waals surface area contributed by atoms with Crippen molar-refractivity contribution in [1.82, 2.24) is 4.98 Å². The molecule has 18 heavy (non-hydrogen) atoms. The summed E-state index contributed by atoms with van der Waals surface area (Å²) in [7, 11) is 0. The normalized spacial score (nSPS) is 10.8. The summed E-state index contributed by atoms with van der Waals surface area (Å²) in [6.07, 6.45) is 6.18. The number of hydrogen-bond acceptors (Lipinski definition) is 2. The lowest BCUT2D eigenvalue weighted by atomic mass is 10.1. The summed E-state index contributed by atoms with van der Waals surface area (Å²) in [4.78, 5) is 15.7. The molecule has 0 atom stereocenters. The molecule has 0 aliphatic rings. The third-order valence-electron chi connectivity index (χ3n) is 2.35. The fourth-order valence-corrected chi connectivity index (χ4v) is 1.96. The second-order valence-electron chi connectivity index (χ2n) is 3.57. The van der Waals surface area contributed by atoms with Crippen LogP contribution in [0.15, 0.2) is 48.8 Å². The molecular weight excluding hydrogens is 269 g/mol. The van der Waals surface area contributed by atoms with Crippen molar-refractivity contribution in [2.75, 3.05) is 0 Å². The summed E-state index contributed by atoms with van der Waals surface area (Å²) >= 11 is 12.0. The first kappa shape index (κ1) is 12.8. The van der Waals surface area contributed by atoms with E-state index in [4.69, 9.17) is 23.2 Å². The second kappa shape index (κ2) is 5.80. The standard InChI is InChI=1S/C14H9Cl2NO/c15-12-4-1-5-13(16)11(12)6-7-14(18)10-3-2-8-17-9-10/h1-9H/b7-6+. The van der Waals surface area contributed by atoms with Crippen molar-refractivity contribution in [3.63, 3.8) is 0 Å². The molecule has 0 aliphatic heterocycles. The number of benzene rings is 1. The van der Waals surface area contributed by atoms with E-state index < -0.39 is 0 Å². The summed E-state index contributed by atoms with van der Waals surface area (Å²) in [5, 5.41) is 1.02. The lowest BCUT2D eigenvalue weighted by molar-refractivity contribution is 0.104. The summed E-state index contributed by atoms with van der Waals surface area (Å²) in [5.41, 5.74) is 1.16. The van der Waals surface area contributed by atoms with E-state index in [-0.39, 0.29) is 5.78 Å². The number of ketones is 1. The maximum absolute atomic E-state index is 11.8. The van der Waals surface area contributed by atoms with E-state index in [0.717, 1.165) is 0 Å². The van der Waals surface area contributed by atoms with Crippen LogP contribution >= 0.6 is 23.2 Å². The molecule has 0 amide bonds. The topological polar surface area (TPSA) is 30.0 Å². The highest BCUT2D eigenvalue weighted by atomic mass is 35.5. The Kier molecular flexibility index (Phi) is 4.13. The number of allylic oxidation sites excluding steroid dienone is 1. The summed E-state index contributed by atoms with van der Waals surface area (Å²) in [6.45, 7) is 0. The zero-order chi connectivity index (χ0) is 13.0. The Morgan fingerprint density at radius 1 is 1.11 bits per heavy atom. The molecule has 0 bridgehead atoms. The summed E-state index contributed by atoms with van der Waals surface area (Å²) < 4.78 is 0. The van der Waals surface area contributed by atoms with Crippen molar-refractivity contribution in [1.29, 1.82) is 0 Å². The fraction of sp³-hybridized carbons (Fsp3) is 0. The molecule has 0 saturated carbocycles. The fourth-order valence-electron chi connectivity index (χ4n) is 1.43. The maximum atomic E-state index is 11.8. The van der Waals surface area contributed by atoms with E-state index in [2.05, 4.69) is 4.98 Å². The Morgan fingerprint density at radius 3 is 2.44 bits per heavy atom. The quantitative estimate of drug-likeness (QED) is 0.619. The molecule has 0 fully saturated rings. The predicted octanol–water partition coefficient (Wildman–Crippen LogP) is 4.28. The lowest BCUT2D eigenvalue weighted by Gasteiger charge is -2.00. The largest absolute Gasteiger partial charge is 0.289 e. The van der Waals surface area contributed by atoms with E-state index in [1.54, 1.807) is 42.6 Å². The van der Waals surface area contributed by atoms with Gasteiger partial charge < -0.3 is 0 Å². The molecule has 90 valence electrons. The van der Waals surface area contributed by atoms with Gasteiger partial charge in [-0.15, -0.1) is 0 Å². The highest BCUT2D eigenvalue weighted by Crippen LogP contribution is 2.25. The van der Waals surface area contributed by atoms with Crippen LogP contribution in [0.4, 0.5) is 0 Å². The van der Waals surface area contributed by atoms with Gasteiger partial charge >= 0.3 is 0 Å². The van der Waals surface area contributed by atoms with Gasteiger partial charge in [0.15, 0.2) is 5.78 Å². The summed E-state index contributed by atoms with van der Waals surface area (Å²) in [6, 6.07) is 8.62. The zero-order valence-corrected chi connectivity index (χ0v) is 10.8. The van der Waals surface area contributed by atoms with E-state index in [0.29, 0.717) is 21.2 Å². The van der Waals surface area contributed by atoms with Crippen molar-refractivity contribution in [3.8, 4) is 0 Å². The number of pyridine rings is 1. The van der Waals surface area contributed by atoms with Crippen LogP contribution in [0.5, 0.6) is 0 Å². The third kappa shape index (κ3) is 2.97. The smallest absolute Gasteiger partial charge is 0.187 e. The van der Waals surface area contributed by atoms with Crippen molar-refractivity contribution in [3.05, 3.63) is 70.0 Å². The minimum absolute atomic E-state index is 0.140. The molecule has 2 rings (SSSR count).